The number of amides is 1. The lowest BCUT2D eigenvalue weighted by Crippen LogP contribution is -2.13. The molecule has 1 aromatic carbocycles. The summed E-state index contributed by atoms with van der Waals surface area (Å²) in [5.41, 5.74) is 1.62. The zero-order valence-electron chi connectivity index (χ0n) is 14.3. The third-order valence-electron chi connectivity index (χ3n) is 4.50. The zero-order chi connectivity index (χ0) is 17.4. The van der Waals surface area contributed by atoms with Crippen molar-refractivity contribution in [2.75, 3.05) is 11.9 Å². The topological polar surface area (TPSA) is 84.8 Å². The molecule has 1 aliphatic rings. The monoisotopic (exact) mass is 339 g/mol. The number of fused-ring (bicyclic) bond motifs is 1. The number of aromatic amines is 1. The summed E-state index contributed by atoms with van der Waals surface area (Å²) >= 11 is 0. The first-order chi connectivity index (χ1) is 12.1. The van der Waals surface area contributed by atoms with Gasteiger partial charge in [-0.2, -0.15) is 4.98 Å². The number of carbonyl (C=O) groups excluding carboxylic acids is 1. The molecule has 3 aromatic rings. The summed E-state index contributed by atoms with van der Waals surface area (Å²) in [6.07, 6.45) is 3.93. The van der Waals surface area contributed by atoms with E-state index < -0.39 is 0 Å². The lowest BCUT2D eigenvalue weighted by atomic mass is 10.1. The van der Waals surface area contributed by atoms with E-state index in [1.807, 2.05) is 24.4 Å². The largest absolute Gasteiger partial charge is 0.370 e. The van der Waals surface area contributed by atoms with Gasteiger partial charge in [-0.15, -0.1) is 5.10 Å². The molecule has 3 heterocycles. The van der Waals surface area contributed by atoms with Crippen molar-refractivity contribution in [3.63, 3.8) is 0 Å². The Bertz CT molecular complexity index is 905. The van der Waals surface area contributed by atoms with Crippen molar-refractivity contribution in [1.82, 2.24) is 19.7 Å². The second kappa shape index (κ2) is 6.33. The molecule has 1 saturated heterocycles. The van der Waals surface area contributed by atoms with Crippen molar-refractivity contribution in [3.05, 3.63) is 41.9 Å². The summed E-state index contributed by atoms with van der Waals surface area (Å²) in [4.78, 5) is 16.9. The van der Waals surface area contributed by atoms with Crippen molar-refractivity contribution >= 4 is 22.8 Å². The number of nitrogens with zero attached hydrogens (tertiary/aromatic N) is 3. The molecule has 4 rings (SSSR count). The number of hydrogen-bond donors (Lipinski definition) is 2. The molecule has 130 valence electrons. The average Bonchev–Trinajstić information content (AvgIpc) is 3.33. The van der Waals surface area contributed by atoms with E-state index in [1.165, 1.54) is 0 Å². The maximum absolute atomic E-state index is 12.5. The highest BCUT2D eigenvalue weighted by Crippen LogP contribution is 2.26. The first-order valence-corrected chi connectivity index (χ1v) is 8.57. The first-order valence-electron chi connectivity index (χ1n) is 8.57. The molecule has 1 aliphatic heterocycles. The van der Waals surface area contributed by atoms with Crippen LogP contribution < -0.4 is 5.32 Å². The van der Waals surface area contributed by atoms with Crippen molar-refractivity contribution < 1.29 is 9.53 Å². The Labute approximate surface area is 145 Å². The number of rotatable bonds is 4. The van der Waals surface area contributed by atoms with Gasteiger partial charge in [-0.05, 0) is 50.3 Å². The van der Waals surface area contributed by atoms with Crippen molar-refractivity contribution in [3.8, 4) is 0 Å². The third-order valence-corrected chi connectivity index (χ3v) is 4.50. The second-order valence-corrected chi connectivity index (χ2v) is 6.59. The van der Waals surface area contributed by atoms with Gasteiger partial charge in [0.05, 0.1) is 0 Å². The van der Waals surface area contributed by atoms with Crippen molar-refractivity contribution in [2.24, 2.45) is 0 Å². The van der Waals surface area contributed by atoms with Gasteiger partial charge >= 0.3 is 0 Å². The van der Waals surface area contributed by atoms with Crippen molar-refractivity contribution in [2.45, 2.75) is 38.8 Å². The van der Waals surface area contributed by atoms with Gasteiger partial charge in [-0.1, -0.05) is 6.07 Å². The van der Waals surface area contributed by atoms with Crippen molar-refractivity contribution in [1.29, 1.82) is 0 Å². The highest BCUT2D eigenvalue weighted by molar-refractivity contribution is 6.05. The molecule has 7 nitrogen and oxygen atoms in total. The predicted molar refractivity (Wildman–Crippen MR) is 94.6 cm³/mol. The molecule has 1 fully saturated rings. The Hall–Kier alpha value is -2.67. The van der Waals surface area contributed by atoms with Crippen LogP contribution in [-0.4, -0.2) is 32.3 Å². The number of H-pyrrole nitrogens is 1. The average molecular weight is 339 g/mol. The van der Waals surface area contributed by atoms with Gasteiger partial charge in [0.2, 0.25) is 5.95 Å². The Morgan fingerprint density at radius 1 is 1.40 bits per heavy atom. The van der Waals surface area contributed by atoms with Crippen LogP contribution in [-0.2, 0) is 4.74 Å². The Morgan fingerprint density at radius 3 is 3.04 bits per heavy atom. The van der Waals surface area contributed by atoms with Gasteiger partial charge in [0, 0.05) is 29.9 Å². The number of hydrogen-bond acceptors (Lipinski definition) is 4. The number of aromatic nitrogens is 4. The molecule has 0 saturated carbocycles. The fraction of sp³-hybridized carbons (Fsp3) is 0.389. The van der Waals surface area contributed by atoms with E-state index >= 15 is 0 Å². The maximum Gasteiger partial charge on any atom is 0.258 e. The van der Waals surface area contributed by atoms with E-state index in [4.69, 9.17) is 4.74 Å². The van der Waals surface area contributed by atoms with Crippen LogP contribution in [0.3, 0.4) is 0 Å². The summed E-state index contributed by atoms with van der Waals surface area (Å²) in [5.74, 6) is 0.711. The van der Waals surface area contributed by atoms with Crippen LogP contribution in [0.2, 0.25) is 0 Å². The lowest BCUT2D eigenvalue weighted by molar-refractivity contribution is 0.102. The normalized spacial score (nSPS) is 17.5. The van der Waals surface area contributed by atoms with E-state index in [0.717, 1.165) is 30.4 Å². The van der Waals surface area contributed by atoms with Gasteiger partial charge in [0.15, 0.2) is 5.82 Å². The standard InChI is InChI=1S/C18H21N5O2/c1-11(2)23-8-7-12-5-6-13(10-14(12)23)17(24)20-18-19-16(21-22-18)15-4-3-9-25-15/h5-8,10-11,15H,3-4,9H2,1-2H3,(H2,19,20,21,22,24). The molecule has 0 radical (unpaired) electrons. The van der Waals surface area contributed by atoms with Crippen LogP contribution >= 0.6 is 0 Å². The first kappa shape index (κ1) is 15.8. The van der Waals surface area contributed by atoms with Crippen LogP contribution in [0.25, 0.3) is 10.9 Å². The predicted octanol–water partition coefficient (Wildman–Crippen LogP) is 3.44. The van der Waals surface area contributed by atoms with Crippen LogP contribution in [0, 0.1) is 0 Å². The summed E-state index contributed by atoms with van der Waals surface area (Å²) in [6.45, 7) is 4.97. The number of benzene rings is 1. The minimum Gasteiger partial charge on any atom is -0.370 e. The van der Waals surface area contributed by atoms with Gasteiger partial charge in [-0.3, -0.25) is 15.2 Å². The molecule has 2 aromatic heterocycles. The number of ether oxygens (including phenoxy) is 1. The molecule has 7 heteroatoms. The van der Waals surface area contributed by atoms with Crippen LogP contribution in [0.15, 0.2) is 30.5 Å². The summed E-state index contributed by atoms with van der Waals surface area (Å²) in [5, 5.41) is 10.8. The Morgan fingerprint density at radius 2 is 2.28 bits per heavy atom. The quantitative estimate of drug-likeness (QED) is 0.762. The SMILES string of the molecule is CC(C)n1ccc2ccc(C(=O)Nc3n[nH]c(C4CCCO4)n3)cc21. The van der Waals surface area contributed by atoms with Crippen LogP contribution in [0.4, 0.5) is 5.95 Å². The number of nitrogens with one attached hydrogen (secondary N) is 2. The molecular formula is C18H21N5O2. The van der Waals surface area contributed by atoms with E-state index in [-0.39, 0.29) is 18.0 Å². The van der Waals surface area contributed by atoms with E-state index in [9.17, 15) is 4.79 Å². The number of carbonyl (C=O) groups is 1. The minimum atomic E-state index is -0.226. The lowest BCUT2D eigenvalue weighted by Gasteiger charge is -2.10. The summed E-state index contributed by atoms with van der Waals surface area (Å²) < 4.78 is 7.71. The minimum absolute atomic E-state index is 0.0520. The fourth-order valence-electron chi connectivity index (χ4n) is 3.18. The number of anilines is 1. The molecule has 0 aliphatic carbocycles. The molecule has 1 amide bonds. The molecule has 25 heavy (non-hydrogen) atoms. The summed E-state index contributed by atoms with van der Waals surface area (Å²) in [7, 11) is 0. The van der Waals surface area contributed by atoms with Gasteiger partial charge < -0.3 is 9.30 Å². The van der Waals surface area contributed by atoms with Crippen LogP contribution in [0.5, 0.6) is 0 Å². The van der Waals surface area contributed by atoms with E-state index in [1.54, 1.807) is 0 Å². The maximum atomic E-state index is 12.5. The molecule has 0 bridgehead atoms. The highest BCUT2D eigenvalue weighted by atomic mass is 16.5. The van der Waals surface area contributed by atoms with E-state index in [2.05, 4.69) is 45.0 Å². The zero-order valence-corrected chi connectivity index (χ0v) is 14.3. The molecular weight excluding hydrogens is 318 g/mol. The van der Waals surface area contributed by atoms with Gasteiger partial charge in [-0.25, -0.2) is 0 Å². The van der Waals surface area contributed by atoms with Gasteiger partial charge in [0.1, 0.15) is 6.10 Å². The molecule has 1 atom stereocenters. The second-order valence-electron chi connectivity index (χ2n) is 6.59. The van der Waals surface area contributed by atoms with Crippen LogP contribution in [0.1, 0.15) is 55.0 Å². The Kier molecular flexibility index (Phi) is 4.01. The molecule has 1 unspecified atom stereocenters. The third kappa shape index (κ3) is 3.02. The molecule has 0 spiro atoms. The fourth-order valence-corrected chi connectivity index (χ4v) is 3.18. The Balaban J connectivity index is 1.54. The highest BCUT2D eigenvalue weighted by Gasteiger charge is 2.22. The smallest absolute Gasteiger partial charge is 0.258 e. The van der Waals surface area contributed by atoms with E-state index in [0.29, 0.717) is 17.4 Å². The molecule has 2 N–H and O–H groups in total. The summed E-state index contributed by atoms with van der Waals surface area (Å²) in [6, 6.07) is 8.06. The van der Waals surface area contributed by atoms with Gasteiger partial charge in [0.25, 0.3) is 5.91 Å².